The van der Waals surface area contributed by atoms with Gasteiger partial charge in [0.1, 0.15) is 6.61 Å². The molecule has 2 aromatic carbocycles. The highest BCUT2D eigenvalue weighted by Gasteiger charge is 2.59. The van der Waals surface area contributed by atoms with Crippen LogP contribution in [-0.2, 0) is 16.2 Å². The number of benzene rings is 2. The van der Waals surface area contributed by atoms with E-state index in [1.54, 1.807) is 12.1 Å². The van der Waals surface area contributed by atoms with Crippen molar-refractivity contribution in [3.05, 3.63) is 74.2 Å². The zero-order chi connectivity index (χ0) is 21.7. The van der Waals surface area contributed by atoms with Crippen molar-refractivity contribution in [2.24, 2.45) is 28.8 Å². The molecule has 0 N–H and O–H groups in total. The Kier molecular flexibility index (Phi) is 5.40. The van der Waals surface area contributed by atoms with Gasteiger partial charge in [0, 0.05) is 4.47 Å². The van der Waals surface area contributed by atoms with Gasteiger partial charge >= 0.3 is 0 Å². The Hall–Kier alpha value is -2.15. The van der Waals surface area contributed by atoms with Gasteiger partial charge in [-0.3, -0.25) is 9.59 Å². The predicted octanol–water partition coefficient (Wildman–Crippen LogP) is 5.48. The van der Waals surface area contributed by atoms with E-state index in [-0.39, 0.29) is 35.5 Å². The Balaban J connectivity index is 1.30. The first-order valence-electron chi connectivity index (χ1n) is 9.89. The van der Waals surface area contributed by atoms with Gasteiger partial charge in [-0.05, 0) is 53.6 Å². The van der Waals surface area contributed by atoms with Crippen LogP contribution in [0.2, 0.25) is 10.0 Å². The summed E-state index contributed by atoms with van der Waals surface area (Å²) in [6, 6.07) is 11.0. The molecule has 1 saturated heterocycles. The summed E-state index contributed by atoms with van der Waals surface area (Å²) in [5.41, 5.74) is 1.55. The van der Waals surface area contributed by atoms with E-state index in [1.807, 2.05) is 24.3 Å². The van der Waals surface area contributed by atoms with Crippen molar-refractivity contribution >= 4 is 57.2 Å². The van der Waals surface area contributed by atoms with E-state index in [0.717, 1.165) is 21.5 Å². The van der Waals surface area contributed by atoms with Gasteiger partial charge in [-0.15, -0.1) is 0 Å². The molecule has 2 aromatic rings. The average molecular weight is 520 g/mol. The molecule has 2 fully saturated rings. The minimum atomic E-state index is -0.277. The number of imide groups is 1. The maximum absolute atomic E-state index is 12.7. The molecule has 1 aliphatic heterocycles. The molecule has 3 aliphatic rings. The van der Waals surface area contributed by atoms with Crippen LogP contribution < -0.4 is 4.74 Å². The summed E-state index contributed by atoms with van der Waals surface area (Å²) in [7, 11) is 0. The van der Waals surface area contributed by atoms with Crippen molar-refractivity contribution in [2.75, 3.05) is 0 Å². The summed E-state index contributed by atoms with van der Waals surface area (Å²) < 4.78 is 6.78. The summed E-state index contributed by atoms with van der Waals surface area (Å²) >= 11 is 16.1. The molecule has 31 heavy (non-hydrogen) atoms. The number of carbonyl (C=O) groups is 2. The largest absolute Gasteiger partial charge is 0.486 e. The van der Waals surface area contributed by atoms with Gasteiger partial charge in [-0.2, -0.15) is 10.1 Å². The third kappa shape index (κ3) is 3.71. The second-order valence-corrected chi connectivity index (χ2v) is 9.69. The van der Waals surface area contributed by atoms with Gasteiger partial charge in [-0.1, -0.05) is 63.4 Å². The van der Waals surface area contributed by atoms with Crippen LogP contribution in [-0.4, -0.2) is 23.0 Å². The lowest BCUT2D eigenvalue weighted by atomic mass is 9.85. The molecule has 0 spiro atoms. The zero-order valence-electron chi connectivity index (χ0n) is 16.2. The Morgan fingerprint density at radius 1 is 1.03 bits per heavy atom. The van der Waals surface area contributed by atoms with Crippen LogP contribution in [0.1, 0.15) is 17.5 Å². The highest BCUT2D eigenvalue weighted by molar-refractivity contribution is 9.10. The molecule has 0 aromatic heterocycles. The maximum atomic E-state index is 12.7. The smallest absolute Gasteiger partial charge is 0.254 e. The van der Waals surface area contributed by atoms with Crippen LogP contribution in [0.25, 0.3) is 0 Å². The number of amides is 2. The summed E-state index contributed by atoms with van der Waals surface area (Å²) in [4.78, 5) is 25.4. The molecule has 1 saturated carbocycles. The lowest BCUT2D eigenvalue weighted by Crippen LogP contribution is -2.28. The van der Waals surface area contributed by atoms with Crippen molar-refractivity contribution in [2.45, 2.75) is 13.0 Å². The fraction of sp³-hybridized carbons (Fsp3) is 0.261. The Morgan fingerprint density at radius 2 is 1.61 bits per heavy atom. The quantitative estimate of drug-likeness (QED) is 0.298. The van der Waals surface area contributed by atoms with Crippen LogP contribution in [0, 0.1) is 23.7 Å². The highest BCUT2D eigenvalue weighted by Crippen LogP contribution is 2.52. The molecule has 158 valence electrons. The van der Waals surface area contributed by atoms with Crippen LogP contribution in [0.3, 0.4) is 0 Å². The molecule has 4 atom stereocenters. The fourth-order valence-electron chi connectivity index (χ4n) is 4.65. The molecular weight excluding hydrogens is 503 g/mol. The van der Waals surface area contributed by atoms with Crippen LogP contribution in [0.15, 0.2) is 58.1 Å². The second-order valence-electron chi connectivity index (χ2n) is 7.96. The molecule has 5 rings (SSSR count). The number of allylic oxidation sites excluding steroid dienone is 2. The number of hydrogen-bond acceptors (Lipinski definition) is 4. The number of fused-ring (bicyclic) bond motifs is 5. The topological polar surface area (TPSA) is 59.0 Å². The minimum absolute atomic E-state index is 0.151. The predicted molar refractivity (Wildman–Crippen MR) is 122 cm³/mol. The van der Waals surface area contributed by atoms with Gasteiger partial charge < -0.3 is 4.74 Å². The van der Waals surface area contributed by atoms with Crippen molar-refractivity contribution in [1.29, 1.82) is 0 Å². The van der Waals surface area contributed by atoms with Crippen molar-refractivity contribution in [3.63, 3.8) is 0 Å². The second kappa shape index (κ2) is 8.08. The number of hydrazone groups is 1. The normalized spacial score (nSPS) is 26.4. The highest BCUT2D eigenvalue weighted by atomic mass is 79.9. The van der Waals surface area contributed by atoms with E-state index in [2.05, 4.69) is 33.2 Å². The van der Waals surface area contributed by atoms with E-state index in [1.165, 1.54) is 6.21 Å². The standard InChI is InChI=1S/C23H17BrCl2N2O3/c24-16-5-1-12(2-6-16)11-31-21-17(25)7-13(8-18(21)26)10-27-28-22(29)19-14-3-4-15(9-14)20(19)23(28)30/h1-8,10,14-15,19-20H,9,11H2/t14-,15-,19-,20+/m0/s1. The third-order valence-corrected chi connectivity index (χ3v) is 7.18. The zero-order valence-corrected chi connectivity index (χ0v) is 19.3. The molecule has 1 heterocycles. The summed E-state index contributed by atoms with van der Waals surface area (Å²) in [5, 5.41) is 5.82. The van der Waals surface area contributed by atoms with E-state index in [0.29, 0.717) is 28.0 Å². The fourth-order valence-corrected chi connectivity index (χ4v) is 5.53. The van der Waals surface area contributed by atoms with E-state index in [4.69, 9.17) is 27.9 Å². The third-order valence-electron chi connectivity index (χ3n) is 6.09. The van der Waals surface area contributed by atoms with Crippen molar-refractivity contribution < 1.29 is 14.3 Å². The van der Waals surface area contributed by atoms with Crippen molar-refractivity contribution in [1.82, 2.24) is 5.01 Å². The van der Waals surface area contributed by atoms with Gasteiger partial charge in [0.25, 0.3) is 11.8 Å². The molecule has 2 aliphatic carbocycles. The van der Waals surface area contributed by atoms with Gasteiger partial charge in [0.15, 0.2) is 5.75 Å². The maximum Gasteiger partial charge on any atom is 0.254 e. The summed E-state index contributed by atoms with van der Waals surface area (Å²) in [6.07, 6.45) is 6.42. The summed E-state index contributed by atoms with van der Waals surface area (Å²) in [6.45, 7) is 0.316. The number of halogens is 3. The SMILES string of the molecule is O=C1[C@@H]2[C@H](C(=O)N1N=Cc1cc(Cl)c(OCc3ccc(Br)cc3)c(Cl)c1)[C@H]1C=C[C@H]2C1. The molecule has 0 radical (unpaired) electrons. The van der Waals surface area contributed by atoms with E-state index in [9.17, 15) is 9.59 Å². The number of nitrogens with zero attached hydrogens (tertiary/aromatic N) is 2. The number of carbonyl (C=O) groups excluding carboxylic acids is 2. The van der Waals surface area contributed by atoms with Crippen LogP contribution in [0.4, 0.5) is 0 Å². The monoisotopic (exact) mass is 518 g/mol. The lowest BCUT2D eigenvalue weighted by molar-refractivity contribution is -0.140. The molecule has 2 amide bonds. The van der Waals surface area contributed by atoms with Crippen molar-refractivity contribution in [3.8, 4) is 5.75 Å². The average Bonchev–Trinajstić information content (AvgIpc) is 3.42. The van der Waals surface area contributed by atoms with E-state index >= 15 is 0 Å². The molecular formula is C23H17BrCl2N2O3. The van der Waals surface area contributed by atoms with Gasteiger partial charge in [0.05, 0.1) is 28.1 Å². The Morgan fingerprint density at radius 3 is 2.19 bits per heavy atom. The van der Waals surface area contributed by atoms with Crippen LogP contribution in [0.5, 0.6) is 5.75 Å². The van der Waals surface area contributed by atoms with Crippen LogP contribution >= 0.6 is 39.1 Å². The number of rotatable bonds is 5. The Labute approximate surface area is 197 Å². The molecule has 2 bridgehead atoms. The first kappa shape index (κ1) is 20.7. The Bertz CT molecular complexity index is 1080. The van der Waals surface area contributed by atoms with Gasteiger partial charge in [0.2, 0.25) is 0 Å². The molecule has 8 heteroatoms. The lowest BCUT2D eigenvalue weighted by Gasteiger charge is -2.13. The molecule has 5 nitrogen and oxygen atoms in total. The van der Waals surface area contributed by atoms with E-state index < -0.39 is 0 Å². The van der Waals surface area contributed by atoms with Gasteiger partial charge in [-0.25, -0.2) is 0 Å². The first-order chi connectivity index (χ1) is 14.9. The first-order valence-corrected chi connectivity index (χ1v) is 11.4. The molecule has 0 unspecified atom stereocenters. The number of hydrogen-bond donors (Lipinski definition) is 0. The minimum Gasteiger partial charge on any atom is -0.486 e. The summed E-state index contributed by atoms with van der Waals surface area (Å²) in [5.74, 6) is -0.337. The number of ether oxygens (including phenoxy) is 1.